The number of nitrogens with zero attached hydrogens (tertiary/aromatic N) is 1. The minimum absolute atomic E-state index is 0.150. The Bertz CT molecular complexity index is 721. The lowest BCUT2D eigenvalue weighted by molar-refractivity contribution is -0.124. The first-order valence-electron chi connectivity index (χ1n) is 9.99. The monoisotopic (exact) mass is 354 g/mol. The van der Waals surface area contributed by atoms with E-state index in [1.165, 1.54) is 61.8 Å². The number of amides is 1. The van der Waals surface area contributed by atoms with E-state index in [1.54, 1.807) is 11.3 Å². The SMILES string of the molecule is N#Cc1c(NC(=O)CC23CC4CC(CC(C4)C2)C3)sc2c1CCCC2. The van der Waals surface area contributed by atoms with E-state index in [-0.39, 0.29) is 11.3 Å². The van der Waals surface area contributed by atoms with Crippen LogP contribution in [0, 0.1) is 34.5 Å². The highest BCUT2D eigenvalue weighted by Gasteiger charge is 2.51. The molecule has 3 nitrogen and oxygen atoms in total. The molecule has 1 N–H and O–H groups in total. The van der Waals surface area contributed by atoms with Crippen LogP contribution in [0.5, 0.6) is 0 Å². The molecular weight excluding hydrogens is 328 g/mol. The number of anilines is 1. The second kappa shape index (κ2) is 5.84. The van der Waals surface area contributed by atoms with Gasteiger partial charge in [-0.2, -0.15) is 5.26 Å². The summed E-state index contributed by atoms with van der Waals surface area (Å²) in [6.45, 7) is 0. The smallest absolute Gasteiger partial charge is 0.225 e. The summed E-state index contributed by atoms with van der Waals surface area (Å²) >= 11 is 1.65. The molecule has 1 heterocycles. The fraction of sp³-hybridized carbons (Fsp3) is 0.714. The number of thiophene rings is 1. The van der Waals surface area contributed by atoms with Crippen molar-refractivity contribution in [1.82, 2.24) is 0 Å². The fourth-order valence-corrected chi connectivity index (χ4v) is 8.05. The van der Waals surface area contributed by atoms with E-state index < -0.39 is 0 Å². The molecule has 5 aliphatic carbocycles. The van der Waals surface area contributed by atoms with Crippen molar-refractivity contribution in [2.45, 2.75) is 70.6 Å². The number of carbonyl (C=O) groups excluding carboxylic acids is 1. The van der Waals surface area contributed by atoms with Crippen LogP contribution in [0.4, 0.5) is 5.00 Å². The van der Waals surface area contributed by atoms with Gasteiger partial charge in [-0.05, 0) is 92.9 Å². The van der Waals surface area contributed by atoms with Crippen LogP contribution < -0.4 is 5.32 Å². The van der Waals surface area contributed by atoms with Crippen molar-refractivity contribution >= 4 is 22.2 Å². The molecule has 0 saturated heterocycles. The van der Waals surface area contributed by atoms with Gasteiger partial charge < -0.3 is 5.32 Å². The zero-order chi connectivity index (χ0) is 17.0. The molecular formula is C21H26N2OS. The number of nitrogens with one attached hydrogen (secondary N) is 1. The van der Waals surface area contributed by atoms with Crippen LogP contribution in [0.3, 0.4) is 0 Å². The first-order chi connectivity index (χ1) is 12.1. The van der Waals surface area contributed by atoms with Crippen LogP contribution in [0.25, 0.3) is 0 Å². The fourth-order valence-electron chi connectivity index (χ4n) is 6.79. The molecule has 4 fully saturated rings. The molecule has 4 saturated carbocycles. The number of hydrogen-bond donors (Lipinski definition) is 1. The van der Waals surface area contributed by atoms with Crippen LogP contribution in [0.1, 0.15) is 73.8 Å². The van der Waals surface area contributed by atoms with E-state index in [0.717, 1.165) is 41.2 Å². The molecule has 132 valence electrons. The van der Waals surface area contributed by atoms with Crippen LogP contribution in [0.2, 0.25) is 0 Å². The van der Waals surface area contributed by atoms with E-state index in [0.29, 0.717) is 6.42 Å². The Labute approximate surface area is 153 Å². The van der Waals surface area contributed by atoms with E-state index in [2.05, 4.69) is 11.4 Å². The van der Waals surface area contributed by atoms with Crippen LogP contribution in [-0.4, -0.2) is 5.91 Å². The molecule has 0 aromatic carbocycles. The predicted octanol–water partition coefficient (Wildman–Crippen LogP) is 5.04. The minimum atomic E-state index is 0.150. The van der Waals surface area contributed by atoms with Crippen molar-refractivity contribution in [2.75, 3.05) is 5.32 Å². The summed E-state index contributed by atoms with van der Waals surface area (Å²) < 4.78 is 0. The molecule has 0 aliphatic heterocycles. The molecule has 1 aromatic heterocycles. The number of carbonyl (C=O) groups is 1. The number of rotatable bonds is 3. The lowest BCUT2D eigenvalue weighted by atomic mass is 9.49. The highest BCUT2D eigenvalue weighted by Crippen LogP contribution is 2.61. The van der Waals surface area contributed by atoms with Crippen molar-refractivity contribution in [3.8, 4) is 6.07 Å². The number of aryl methyl sites for hydroxylation is 1. The van der Waals surface area contributed by atoms with Crippen molar-refractivity contribution in [3.63, 3.8) is 0 Å². The molecule has 0 radical (unpaired) electrons. The summed E-state index contributed by atoms with van der Waals surface area (Å²) in [5.41, 5.74) is 2.23. The molecule has 1 aromatic rings. The zero-order valence-electron chi connectivity index (χ0n) is 14.8. The van der Waals surface area contributed by atoms with Gasteiger partial charge in [0.15, 0.2) is 0 Å². The van der Waals surface area contributed by atoms with Gasteiger partial charge in [-0.25, -0.2) is 0 Å². The molecule has 5 aliphatic rings. The van der Waals surface area contributed by atoms with Gasteiger partial charge in [-0.1, -0.05) is 0 Å². The average Bonchev–Trinajstić information content (AvgIpc) is 2.89. The van der Waals surface area contributed by atoms with Crippen LogP contribution >= 0.6 is 11.3 Å². The summed E-state index contributed by atoms with van der Waals surface area (Å²) in [4.78, 5) is 14.2. The molecule has 4 heteroatoms. The van der Waals surface area contributed by atoms with Crippen molar-refractivity contribution in [1.29, 1.82) is 5.26 Å². The summed E-state index contributed by atoms with van der Waals surface area (Å²) in [7, 11) is 0. The van der Waals surface area contributed by atoms with Crippen molar-refractivity contribution < 1.29 is 4.79 Å². The highest BCUT2D eigenvalue weighted by molar-refractivity contribution is 7.16. The number of nitriles is 1. The Morgan fingerprint density at radius 2 is 1.76 bits per heavy atom. The second-order valence-corrected chi connectivity index (χ2v) is 10.3. The van der Waals surface area contributed by atoms with Crippen LogP contribution in [-0.2, 0) is 17.6 Å². The minimum Gasteiger partial charge on any atom is -0.317 e. The maximum Gasteiger partial charge on any atom is 0.225 e. The van der Waals surface area contributed by atoms with E-state index >= 15 is 0 Å². The zero-order valence-corrected chi connectivity index (χ0v) is 15.6. The normalized spacial score (nSPS) is 35.2. The molecule has 1 amide bonds. The third-order valence-corrected chi connectivity index (χ3v) is 8.44. The molecule has 4 bridgehead atoms. The van der Waals surface area contributed by atoms with Crippen molar-refractivity contribution in [3.05, 3.63) is 16.0 Å². The van der Waals surface area contributed by atoms with Gasteiger partial charge in [0, 0.05) is 11.3 Å². The number of hydrogen-bond acceptors (Lipinski definition) is 3. The van der Waals surface area contributed by atoms with Gasteiger partial charge in [-0.15, -0.1) is 11.3 Å². The second-order valence-electron chi connectivity index (χ2n) is 9.17. The first-order valence-corrected chi connectivity index (χ1v) is 10.8. The maximum absolute atomic E-state index is 12.9. The topological polar surface area (TPSA) is 52.9 Å². The van der Waals surface area contributed by atoms with Crippen molar-refractivity contribution in [2.24, 2.45) is 23.2 Å². The van der Waals surface area contributed by atoms with E-state index in [4.69, 9.17) is 0 Å². The predicted molar refractivity (Wildman–Crippen MR) is 99.5 cm³/mol. The van der Waals surface area contributed by atoms with Gasteiger partial charge in [0.05, 0.1) is 5.56 Å². The van der Waals surface area contributed by atoms with Crippen LogP contribution in [0.15, 0.2) is 0 Å². The molecule has 25 heavy (non-hydrogen) atoms. The standard InChI is InChI=1S/C21H26N2OS/c22-12-17-16-3-1-2-4-18(16)25-20(17)23-19(24)11-21-8-13-5-14(9-21)7-15(6-13)10-21/h13-15H,1-11H2,(H,23,24). The molecule has 0 spiro atoms. The Kier molecular flexibility index (Phi) is 3.71. The Morgan fingerprint density at radius 3 is 2.40 bits per heavy atom. The molecule has 0 unspecified atom stereocenters. The Hall–Kier alpha value is -1.34. The number of fused-ring (bicyclic) bond motifs is 1. The first kappa shape index (κ1) is 15.9. The maximum atomic E-state index is 12.9. The van der Waals surface area contributed by atoms with Gasteiger partial charge in [-0.3, -0.25) is 4.79 Å². The van der Waals surface area contributed by atoms with Gasteiger partial charge in [0.25, 0.3) is 0 Å². The van der Waals surface area contributed by atoms with E-state index in [1.807, 2.05) is 0 Å². The summed E-state index contributed by atoms with van der Waals surface area (Å²) in [5, 5.41) is 13.6. The third-order valence-electron chi connectivity index (χ3n) is 7.24. The largest absolute Gasteiger partial charge is 0.317 e. The molecule has 6 rings (SSSR count). The van der Waals surface area contributed by atoms with Gasteiger partial charge in [0.1, 0.15) is 11.1 Å². The summed E-state index contributed by atoms with van der Waals surface area (Å²) in [6.07, 6.45) is 13.1. The average molecular weight is 355 g/mol. The van der Waals surface area contributed by atoms with E-state index in [9.17, 15) is 10.1 Å². The summed E-state index contributed by atoms with van der Waals surface area (Å²) in [5.74, 6) is 2.78. The Morgan fingerprint density at radius 1 is 1.12 bits per heavy atom. The quantitative estimate of drug-likeness (QED) is 0.826. The van der Waals surface area contributed by atoms with Gasteiger partial charge in [0.2, 0.25) is 5.91 Å². The highest BCUT2D eigenvalue weighted by atomic mass is 32.1. The lowest BCUT2D eigenvalue weighted by Gasteiger charge is -2.56. The third kappa shape index (κ3) is 2.72. The molecule has 0 atom stereocenters. The Balaban J connectivity index is 1.33. The van der Waals surface area contributed by atoms with Gasteiger partial charge >= 0.3 is 0 Å². The lowest BCUT2D eigenvalue weighted by Crippen LogP contribution is -2.47. The summed E-state index contributed by atoms with van der Waals surface area (Å²) in [6, 6.07) is 2.36.